The summed E-state index contributed by atoms with van der Waals surface area (Å²) in [6.45, 7) is 7.92. The molecule has 1 aromatic carbocycles. The van der Waals surface area contributed by atoms with Crippen LogP contribution >= 0.6 is 23.2 Å². The molecule has 1 aromatic rings. The van der Waals surface area contributed by atoms with Gasteiger partial charge in [-0.15, -0.1) is 0 Å². The molecule has 1 N–H and O–H groups in total. The molecule has 2 atom stereocenters. The van der Waals surface area contributed by atoms with E-state index in [-0.39, 0.29) is 10.8 Å². The Morgan fingerprint density at radius 2 is 1.89 bits per heavy atom. The molecule has 1 unspecified atom stereocenters. The lowest BCUT2D eigenvalue weighted by Crippen LogP contribution is -2.38. The van der Waals surface area contributed by atoms with Gasteiger partial charge < -0.3 is 0 Å². The first-order chi connectivity index (χ1) is 8.70. The zero-order chi connectivity index (χ0) is 14.6. The molecule has 0 saturated heterocycles. The van der Waals surface area contributed by atoms with Crippen molar-refractivity contribution in [3.05, 3.63) is 33.8 Å². The van der Waals surface area contributed by atoms with Crippen LogP contribution in [0.1, 0.15) is 39.7 Å². The highest BCUT2D eigenvalue weighted by atomic mass is 35.5. The highest BCUT2D eigenvalue weighted by Crippen LogP contribution is 2.23. The molecule has 0 heterocycles. The fourth-order valence-corrected chi connectivity index (χ4v) is 2.65. The van der Waals surface area contributed by atoms with Crippen LogP contribution in [0.25, 0.3) is 0 Å². The molecule has 0 spiro atoms. The van der Waals surface area contributed by atoms with Crippen LogP contribution in [0, 0.1) is 0 Å². The number of nitrogens with one attached hydrogen (secondary N) is 1. The van der Waals surface area contributed by atoms with Crippen molar-refractivity contribution in [2.45, 2.75) is 51.3 Å². The summed E-state index contributed by atoms with van der Waals surface area (Å²) in [6.07, 6.45) is 1.78. The molecule has 0 bridgehead atoms. The smallest absolute Gasteiger partial charge is 0.0972 e. The number of halogens is 2. The van der Waals surface area contributed by atoms with Crippen LogP contribution in [0.2, 0.25) is 10.0 Å². The molecule has 0 aliphatic rings. The van der Waals surface area contributed by atoms with Crippen molar-refractivity contribution < 1.29 is 4.21 Å². The van der Waals surface area contributed by atoms with E-state index in [1.54, 1.807) is 0 Å². The predicted octanol–water partition coefficient (Wildman–Crippen LogP) is 4.37. The molecule has 0 radical (unpaired) electrons. The molecule has 0 saturated carbocycles. The largest absolute Gasteiger partial charge is 0.242 e. The first-order valence-corrected chi connectivity index (χ1v) is 8.22. The predicted molar refractivity (Wildman–Crippen MR) is 85.3 cm³/mol. The van der Waals surface area contributed by atoms with E-state index >= 15 is 0 Å². The molecule has 0 aliphatic heterocycles. The molecule has 2 nitrogen and oxygen atoms in total. The molecule has 0 aromatic heterocycles. The topological polar surface area (TPSA) is 29.1 Å². The average Bonchev–Trinajstić information content (AvgIpc) is 2.29. The number of hydrogen-bond donors (Lipinski definition) is 1. The van der Waals surface area contributed by atoms with Crippen molar-refractivity contribution in [1.29, 1.82) is 0 Å². The summed E-state index contributed by atoms with van der Waals surface area (Å²) >= 11 is 11.9. The fourth-order valence-electron chi connectivity index (χ4n) is 1.50. The van der Waals surface area contributed by atoms with E-state index in [0.717, 1.165) is 18.4 Å². The summed E-state index contributed by atoms with van der Waals surface area (Å²) in [7, 11) is -1.03. The number of rotatable bonds is 5. The Bertz CT molecular complexity index is 457. The molecular weight excluding hydrogens is 301 g/mol. The minimum Gasteiger partial charge on any atom is -0.242 e. The van der Waals surface area contributed by atoms with Crippen LogP contribution in [-0.4, -0.2) is 15.0 Å². The maximum absolute atomic E-state index is 11.9. The molecule has 0 fully saturated rings. The van der Waals surface area contributed by atoms with Crippen LogP contribution in [0.3, 0.4) is 0 Å². The van der Waals surface area contributed by atoms with Crippen LogP contribution < -0.4 is 4.72 Å². The Hall–Kier alpha value is -0.0900. The van der Waals surface area contributed by atoms with E-state index in [1.165, 1.54) is 0 Å². The molecule has 0 amide bonds. The number of aryl methyl sites for hydroxylation is 1. The quantitative estimate of drug-likeness (QED) is 0.857. The van der Waals surface area contributed by atoms with Gasteiger partial charge in [0.25, 0.3) is 0 Å². The average molecular weight is 322 g/mol. The van der Waals surface area contributed by atoms with E-state index in [4.69, 9.17) is 23.2 Å². The zero-order valence-electron chi connectivity index (χ0n) is 11.8. The maximum atomic E-state index is 11.9. The Balaban J connectivity index is 2.48. The van der Waals surface area contributed by atoms with E-state index in [0.29, 0.717) is 10.0 Å². The standard InChI is InChI=1S/C14H21Cl2NOS/c1-10(17-19(18)14(2,3)4)5-6-11-7-8-12(15)13(16)9-11/h7-10,17H,5-6H2,1-4H3/t10?,19-/m1/s1. The highest BCUT2D eigenvalue weighted by molar-refractivity contribution is 7.84. The van der Waals surface area contributed by atoms with Gasteiger partial charge in [-0.05, 0) is 58.2 Å². The van der Waals surface area contributed by atoms with Crippen LogP contribution in [0.15, 0.2) is 18.2 Å². The normalized spacial score (nSPS) is 15.3. The van der Waals surface area contributed by atoms with Crippen molar-refractivity contribution in [3.8, 4) is 0 Å². The summed E-state index contributed by atoms with van der Waals surface area (Å²) in [5, 5.41) is 1.16. The van der Waals surface area contributed by atoms with Gasteiger partial charge in [0.05, 0.1) is 25.8 Å². The molecule has 19 heavy (non-hydrogen) atoms. The Morgan fingerprint density at radius 1 is 1.26 bits per heavy atom. The Morgan fingerprint density at radius 3 is 2.42 bits per heavy atom. The van der Waals surface area contributed by atoms with Gasteiger partial charge in [-0.3, -0.25) is 0 Å². The van der Waals surface area contributed by atoms with E-state index < -0.39 is 11.0 Å². The van der Waals surface area contributed by atoms with Gasteiger partial charge in [-0.2, -0.15) is 0 Å². The van der Waals surface area contributed by atoms with Crippen LogP contribution in [0.4, 0.5) is 0 Å². The zero-order valence-corrected chi connectivity index (χ0v) is 14.1. The van der Waals surface area contributed by atoms with Crippen molar-refractivity contribution in [1.82, 2.24) is 4.72 Å². The van der Waals surface area contributed by atoms with E-state index in [1.807, 2.05) is 45.9 Å². The van der Waals surface area contributed by atoms with Gasteiger partial charge in [0.1, 0.15) is 0 Å². The van der Waals surface area contributed by atoms with E-state index in [2.05, 4.69) is 4.72 Å². The maximum Gasteiger partial charge on any atom is 0.0972 e. The van der Waals surface area contributed by atoms with Gasteiger partial charge in [0, 0.05) is 6.04 Å². The molecule has 1 rings (SSSR count). The molecule has 0 aliphatic carbocycles. The van der Waals surface area contributed by atoms with Gasteiger partial charge in [-0.25, -0.2) is 8.93 Å². The summed E-state index contributed by atoms with van der Waals surface area (Å²) in [6, 6.07) is 5.86. The van der Waals surface area contributed by atoms with Gasteiger partial charge >= 0.3 is 0 Å². The van der Waals surface area contributed by atoms with E-state index in [9.17, 15) is 4.21 Å². The second-order valence-corrected chi connectivity index (χ2v) is 8.50. The third-order valence-corrected chi connectivity index (χ3v) is 5.18. The number of hydrogen-bond acceptors (Lipinski definition) is 1. The summed E-state index contributed by atoms with van der Waals surface area (Å²) < 4.78 is 14.8. The number of benzene rings is 1. The van der Waals surface area contributed by atoms with Gasteiger partial charge in [0.15, 0.2) is 0 Å². The summed E-state index contributed by atoms with van der Waals surface area (Å²) in [4.78, 5) is 0. The van der Waals surface area contributed by atoms with Gasteiger partial charge in [-0.1, -0.05) is 29.3 Å². The fraction of sp³-hybridized carbons (Fsp3) is 0.571. The Labute approximate surface area is 128 Å². The third-order valence-electron chi connectivity index (χ3n) is 2.71. The van der Waals surface area contributed by atoms with Crippen molar-refractivity contribution in [2.24, 2.45) is 0 Å². The molecule has 5 heteroatoms. The lowest BCUT2D eigenvalue weighted by molar-refractivity contribution is 0.581. The summed E-state index contributed by atoms with van der Waals surface area (Å²) in [5.74, 6) is 0. The van der Waals surface area contributed by atoms with Crippen LogP contribution in [-0.2, 0) is 17.4 Å². The SMILES string of the molecule is CC(CCc1ccc(Cl)c(Cl)c1)N[S@](=O)C(C)(C)C. The third kappa shape index (κ3) is 5.82. The first kappa shape index (κ1) is 17.0. The lowest BCUT2D eigenvalue weighted by atomic mass is 10.1. The molecule has 108 valence electrons. The van der Waals surface area contributed by atoms with Crippen molar-refractivity contribution >= 4 is 34.2 Å². The highest BCUT2D eigenvalue weighted by Gasteiger charge is 2.20. The first-order valence-electron chi connectivity index (χ1n) is 6.32. The van der Waals surface area contributed by atoms with Gasteiger partial charge in [0.2, 0.25) is 0 Å². The van der Waals surface area contributed by atoms with Crippen molar-refractivity contribution in [3.63, 3.8) is 0 Å². The lowest BCUT2D eigenvalue weighted by Gasteiger charge is -2.22. The minimum absolute atomic E-state index is 0.189. The van der Waals surface area contributed by atoms with Crippen LogP contribution in [0.5, 0.6) is 0 Å². The second kappa shape index (κ2) is 7.07. The Kier molecular flexibility index (Phi) is 6.31. The summed E-state index contributed by atoms with van der Waals surface area (Å²) in [5.41, 5.74) is 1.14. The monoisotopic (exact) mass is 321 g/mol. The minimum atomic E-state index is -1.03. The second-order valence-electron chi connectivity index (χ2n) is 5.69. The molecular formula is C14H21Cl2NOS. The van der Waals surface area contributed by atoms with Crippen molar-refractivity contribution in [2.75, 3.05) is 0 Å².